The summed E-state index contributed by atoms with van der Waals surface area (Å²) in [5.41, 5.74) is 0. The van der Waals surface area contributed by atoms with Crippen molar-refractivity contribution < 1.29 is 4.52 Å². The second kappa shape index (κ2) is 4.97. The molecule has 2 aliphatic rings. The van der Waals surface area contributed by atoms with E-state index in [9.17, 15) is 0 Å². The minimum absolute atomic E-state index is 0.511. The number of rotatable bonds is 3. The highest BCUT2D eigenvalue weighted by Crippen LogP contribution is 2.32. The summed E-state index contributed by atoms with van der Waals surface area (Å²) in [6.45, 7) is 3.38. The largest absolute Gasteiger partial charge is 0.338 e. The van der Waals surface area contributed by atoms with Gasteiger partial charge in [0, 0.05) is 19.0 Å². The first-order valence-electron chi connectivity index (χ1n) is 7.30. The zero-order valence-electron chi connectivity index (χ0n) is 11.4. The third-order valence-corrected chi connectivity index (χ3v) is 4.28. The summed E-state index contributed by atoms with van der Waals surface area (Å²) in [4.78, 5) is 6.84. The maximum Gasteiger partial charge on any atom is 0.240 e. The lowest BCUT2D eigenvalue weighted by molar-refractivity contribution is 0.183. The second-order valence-corrected chi connectivity index (χ2v) is 5.68. The third kappa shape index (κ3) is 2.22. The Hall–Kier alpha value is -1.76. The van der Waals surface area contributed by atoms with Crippen LogP contribution in [0.5, 0.6) is 0 Å². The average Bonchev–Trinajstić information content (AvgIpc) is 3.19. The molecule has 0 bridgehead atoms. The molecule has 0 unspecified atom stereocenters. The average molecular weight is 274 g/mol. The van der Waals surface area contributed by atoms with Crippen molar-refractivity contribution in [3.8, 4) is 0 Å². The van der Waals surface area contributed by atoms with Gasteiger partial charge in [-0.1, -0.05) is 18.0 Å². The fourth-order valence-electron chi connectivity index (χ4n) is 3.12. The molecule has 2 aromatic heterocycles. The zero-order valence-corrected chi connectivity index (χ0v) is 11.4. The van der Waals surface area contributed by atoms with Crippen molar-refractivity contribution in [2.24, 2.45) is 0 Å². The van der Waals surface area contributed by atoms with E-state index in [0.717, 1.165) is 37.2 Å². The van der Waals surface area contributed by atoms with Gasteiger partial charge in [-0.25, -0.2) is 0 Å². The van der Waals surface area contributed by atoms with Crippen LogP contribution in [-0.2, 0) is 19.6 Å². The van der Waals surface area contributed by atoms with E-state index in [0.29, 0.717) is 12.5 Å². The van der Waals surface area contributed by atoms with E-state index in [1.807, 2.05) is 0 Å². The van der Waals surface area contributed by atoms with E-state index in [-0.39, 0.29) is 0 Å². The molecule has 0 radical (unpaired) electrons. The maximum atomic E-state index is 5.40. The van der Waals surface area contributed by atoms with Crippen LogP contribution in [0.3, 0.4) is 0 Å². The van der Waals surface area contributed by atoms with Gasteiger partial charge in [-0.2, -0.15) is 4.98 Å². The first-order chi connectivity index (χ1) is 9.88. The van der Waals surface area contributed by atoms with Crippen LogP contribution in [0.2, 0.25) is 0 Å². The van der Waals surface area contributed by atoms with Crippen molar-refractivity contribution in [1.29, 1.82) is 0 Å². The molecular formula is C13H18N6O. The molecule has 3 heterocycles. The summed E-state index contributed by atoms with van der Waals surface area (Å²) in [6.07, 6.45) is 6.77. The Morgan fingerprint density at radius 1 is 1.25 bits per heavy atom. The third-order valence-electron chi connectivity index (χ3n) is 4.28. The summed E-state index contributed by atoms with van der Waals surface area (Å²) in [5.74, 6) is 3.14. The predicted octanol–water partition coefficient (Wildman–Crippen LogP) is 1.33. The number of aromatic nitrogens is 5. The van der Waals surface area contributed by atoms with Gasteiger partial charge in [-0.15, -0.1) is 10.2 Å². The number of hydrogen-bond acceptors (Lipinski definition) is 6. The summed E-state index contributed by atoms with van der Waals surface area (Å²) in [7, 11) is 0. The van der Waals surface area contributed by atoms with Crippen LogP contribution in [0.15, 0.2) is 10.9 Å². The molecule has 0 atom stereocenters. The lowest BCUT2D eigenvalue weighted by Gasteiger charge is -2.25. The number of hydrogen-bond donors (Lipinski definition) is 0. The molecular weight excluding hydrogens is 256 g/mol. The Morgan fingerprint density at radius 3 is 3.05 bits per heavy atom. The molecule has 0 spiro atoms. The van der Waals surface area contributed by atoms with Gasteiger partial charge in [0.05, 0.1) is 13.1 Å². The highest BCUT2D eigenvalue weighted by atomic mass is 16.5. The zero-order chi connectivity index (χ0) is 13.4. The van der Waals surface area contributed by atoms with E-state index in [1.54, 1.807) is 6.33 Å². The lowest BCUT2D eigenvalue weighted by Crippen LogP contribution is -2.33. The van der Waals surface area contributed by atoms with Crippen molar-refractivity contribution in [1.82, 2.24) is 29.8 Å². The van der Waals surface area contributed by atoms with E-state index in [1.165, 1.54) is 25.7 Å². The Labute approximate surface area is 117 Å². The van der Waals surface area contributed by atoms with Gasteiger partial charge in [0.2, 0.25) is 5.89 Å². The Morgan fingerprint density at radius 2 is 2.15 bits per heavy atom. The van der Waals surface area contributed by atoms with Crippen molar-refractivity contribution in [2.45, 2.75) is 51.2 Å². The molecule has 7 heteroatoms. The Bertz CT molecular complexity index is 585. The molecule has 7 nitrogen and oxygen atoms in total. The molecule has 0 aromatic carbocycles. The van der Waals surface area contributed by atoms with Crippen LogP contribution in [0.1, 0.15) is 49.1 Å². The van der Waals surface area contributed by atoms with E-state index < -0.39 is 0 Å². The van der Waals surface area contributed by atoms with Crippen LogP contribution in [0.25, 0.3) is 0 Å². The van der Waals surface area contributed by atoms with Crippen molar-refractivity contribution >= 4 is 0 Å². The van der Waals surface area contributed by atoms with Crippen molar-refractivity contribution in [2.75, 3.05) is 6.54 Å². The fourth-order valence-corrected chi connectivity index (χ4v) is 3.12. The van der Waals surface area contributed by atoms with Crippen LogP contribution in [-0.4, -0.2) is 36.3 Å². The highest BCUT2D eigenvalue weighted by Gasteiger charge is 2.24. The first-order valence-corrected chi connectivity index (χ1v) is 7.30. The normalized spacial score (nSPS) is 20.4. The van der Waals surface area contributed by atoms with Gasteiger partial charge in [-0.05, 0) is 12.8 Å². The molecule has 20 heavy (non-hydrogen) atoms. The van der Waals surface area contributed by atoms with E-state index in [2.05, 4.69) is 29.8 Å². The summed E-state index contributed by atoms with van der Waals surface area (Å²) in [6, 6.07) is 0. The quantitative estimate of drug-likeness (QED) is 0.841. The predicted molar refractivity (Wildman–Crippen MR) is 69.6 cm³/mol. The topological polar surface area (TPSA) is 72.9 Å². The SMILES string of the molecule is c1nnc2n1CCN(Cc1nc(C3CCCC3)no1)C2. The summed E-state index contributed by atoms with van der Waals surface area (Å²) in [5, 5.41) is 12.2. The molecule has 1 aliphatic carbocycles. The second-order valence-electron chi connectivity index (χ2n) is 5.68. The summed E-state index contributed by atoms with van der Waals surface area (Å²) < 4.78 is 7.50. The van der Waals surface area contributed by atoms with E-state index in [4.69, 9.17) is 4.52 Å². The minimum atomic E-state index is 0.511. The standard InChI is InChI=1S/C13H18N6O/c1-2-4-10(3-1)13-15-12(20-17-13)8-18-5-6-19-9-14-16-11(19)7-18/h9-10H,1-8H2. The molecule has 1 fully saturated rings. The fraction of sp³-hybridized carbons (Fsp3) is 0.692. The van der Waals surface area contributed by atoms with Gasteiger partial charge in [0.25, 0.3) is 0 Å². The van der Waals surface area contributed by atoms with Crippen LogP contribution < -0.4 is 0 Å². The Balaban J connectivity index is 1.42. The van der Waals surface area contributed by atoms with Gasteiger partial charge >= 0.3 is 0 Å². The smallest absolute Gasteiger partial charge is 0.240 e. The van der Waals surface area contributed by atoms with Crippen molar-refractivity contribution in [3.63, 3.8) is 0 Å². The molecule has 2 aromatic rings. The molecule has 0 N–H and O–H groups in total. The van der Waals surface area contributed by atoms with Crippen LogP contribution >= 0.6 is 0 Å². The molecule has 1 aliphatic heterocycles. The van der Waals surface area contributed by atoms with Crippen molar-refractivity contribution in [3.05, 3.63) is 23.9 Å². The maximum absolute atomic E-state index is 5.40. The molecule has 1 saturated carbocycles. The van der Waals surface area contributed by atoms with Gasteiger partial charge in [0.1, 0.15) is 12.2 Å². The van der Waals surface area contributed by atoms with Crippen LogP contribution in [0.4, 0.5) is 0 Å². The summed E-state index contributed by atoms with van der Waals surface area (Å²) >= 11 is 0. The van der Waals surface area contributed by atoms with Crippen LogP contribution in [0, 0.1) is 0 Å². The highest BCUT2D eigenvalue weighted by molar-refractivity contribution is 4.98. The number of nitrogens with zero attached hydrogens (tertiary/aromatic N) is 6. The monoisotopic (exact) mass is 274 g/mol. The molecule has 4 rings (SSSR count). The minimum Gasteiger partial charge on any atom is -0.338 e. The molecule has 0 saturated heterocycles. The van der Waals surface area contributed by atoms with Gasteiger partial charge in [0.15, 0.2) is 5.82 Å². The Kier molecular flexibility index (Phi) is 2.99. The van der Waals surface area contributed by atoms with Gasteiger partial charge in [-0.3, -0.25) is 4.90 Å². The lowest BCUT2D eigenvalue weighted by atomic mass is 10.1. The first kappa shape index (κ1) is 12.0. The molecule has 0 amide bonds. The van der Waals surface area contributed by atoms with E-state index >= 15 is 0 Å². The number of fused-ring (bicyclic) bond motifs is 1. The van der Waals surface area contributed by atoms with Gasteiger partial charge < -0.3 is 9.09 Å². The molecule has 106 valence electrons.